The number of imidazole rings is 1. The van der Waals surface area contributed by atoms with E-state index in [-0.39, 0.29) is 0 Å². The van der Waals surface area contributed by atoms with Gasteiger partial charge >= 0.3 is 0 Å². The first-order chi connectivity index (χ1) is 12.2. The van der Waals surface area contributed by atoms with Crippen molar-refractivity contribution < 1.29 is 4.74 Å². The van der Waals surface area contributed by atoms with Gasteiger partial charge in [0.05, 0.1) is 17.2 Å². The highest BCUT2D eigenvalue weighted by atomic mass is 79.9. The molecule has 0 aliphatic heterocycles. The Morgan fingerprint density at radius 3 is 2.96 bits per heavy atom. The number of benzene rings is 2. The maximum absolute atomic E-state index is 5.66. The molecule has 25 heavy (non-hydrogen) atoms. The van der Waals surface area contributed by atoms with Gasteiger partial charge in [0.25, 0.3) is 0 Å². The van der Waals surface area contributed by atoms with E-state index in [4.69, 9.17) is 4.74 Å². The number of nitrogens with zero attached hydrogens (tertiary/aromatic N) is 3. The number of ether oxygens (including phenoxy) is 1. The summed E-state index contributed by atoms with van der Waals surface area (Å²) in [6.45, 7) is 7.01. The fourth-order valence-electron chi connectivity index (χ4n) is 2.54. The third-order valence-electron chi connectivity index (χ3n) is 3.67. The fourth-order valence-corrected chi connectivity index (χ4v) is 2.92. The SMILES string of the molecule is C=CCOc1ccc(Br)cc1/C=N\Nc1nc2ccccc2n1CC. The highest BCUT2D eigenvalue weighted by Gasteiger charge is 2.08. The zero-order valence-electron chi connectivity index (χ0n) is 13.9. The molecule has 3 rings (SSSR count). The predicted octanol–water partition coefficient (Wildman–Crippen LogP) is 4.83. The van der Waals surface area contributed by atoms with Crippen molar-refractivity contribution in [1.29, 1.82) is 0 Å². The van der Waals surface area contributed by atoms with E-state index in [1.54, 1.807) is 12.3 Å². The van der Waals surface area contributed by atoms with E-state index in [2.05, 4.69) is 55.6 Å². The van der Waals surface area contributed by atoms with Crippen LogP contribution in [0, 0.1) is 0 Å². The van der Waals surface area contributed by atoms with E-state index in [0.717, 1.165) is 33.4 Å². The second-order valence-corrected chi connectivity index (χ2v) is 6.24. The third-order valence-corrected chi connectivity index (χ3v) is 4.16. The molecule has 0 unspecified atom stereocenters. The van der Waals surface area contributed by atoms with Crippen LogP contribution in [0.1, 0.15) is 12.5 Å². The lowest BCUT2D eigenvalue weighted by Crippen LogP contribution is -2.02. The van der Waals surface area contributed by atoms with Crippen LogP contribution in [-0.2, 0) is 6.54 Å². The number of nitrogens with one attached hydrogen (secondary N) is 1. The van der Waals surface area contributed by atoms with Crippen molar-refractivity contribution in [2.24, 2.45) is 5.10 Å². The molecule has 3 aromatic rings. The van der Waals surface area contributed by atoms with Crippen molar-refractivity contribution in [3.8, 4) is 5.75 Å². The van der Waals surface area contributed by atoms with Crippen LogP contribution < -0.4 is 10.2 Å². The van der Waals surface area contributed by atoms with Gasteiger partial charge in [0, 0.05) is 16.6 Å². The van der Waals surface area contributed by atoms with Gasteiger partial charge < -0.3 is 9.30 Å². The number of fused-ring (bicyclic) bond motifs is 1. The van der Waals surface area contributed by atoms with Gasteiger partial charge in [-0.2, -0.15) is 5.10 Å². The summed E-state index contributed by atoms with van der Waals surface area (Å²) in [5.74, 6) is 1.46. The molecule has 0 saturated heterocycles. The molecule has 0 amide bonds. The Hall–Kier alpha value is -2.60. The molecule has 0 bridgehead atoms. The van der Waals surface area contributed by atoms with Gasteiger partial charge in [-0.3, -0.25) is 0 Å². The molecular weight excluding hydrogens is 380 g/mol. The van der Waals surface area contributed by atoms with Crippen LogP contribution in [0.4, 0.5) is 5.95 Å². The number of rotatable bonds is 7. The molecule has 0 spiro atoms. The van der Waals surface area contributed by atoms with Crippen molar-refractivity contribution in [1.82, 2.24) is 9.55 Å². The lowest BCUT2D eigenvalue weighted by atomic mass is 10.2. The van der Waals surface area contributed by atoms with Crippen LogP contribution in [0.15, 0.2) is 64.7 Å². The fraction of sp³-hybridized carbons (Fsp3) is 0.158. The van der Waals surface area contributed by atoms with E-state index in [1.807, 2.05) is 36.4 Å². The standard InChI is InChI=1S/C19H19BrN4O/c1-3-11-25-18-10-9-15(20)12-14(18)13-21-23-19-22-16-7-5-6-8-17(16)24(19)4-2/h3,5-10,12-13H,1,4,11H2,2H3,(H,22,23)/b21-13-. The number of hydrazone groups is 1. The molecule has 6 heteroatoms. The molecule has 0 saturated carbocycles. The second-order valence-electron chi connectivity index (χ2n) is 5.32. The molecule has 5 nitrogen and oxygen atoms in total. The average molecular weight is 399 g/mol. The second kappa shape index (κ2) is 7.98. The van der Waals surface area contributed by atoms with Crippen LogP contribution in [0.3, 0.4) is 0 Å². The number of aryl methyl sites for hydroxylation is 1. The highest BCUT2D eigenvalue weighted by Crippen LogP contribution is 2.22. The maximum Gasteiger partial charge on any atom is 0.224 e. The highest BCUT2D eigenvalue weighted by molar-refractivity contribution is 9.10. The molecule has 2 aromatic carbocycles. The zero-order chi connectivity index (χ0) is 17.6. The predicted molar refractivity (Wildman–Crippen MR) is 106 cm³/mol. The number of anilines is 1. The van der Waals surface area contributed by atoms with Crippen LogP contribution >= 0.6 is 15.9 Å². The Bertz CT molecular complexity index is 917. The number of aromatic nitrogens is 2. The van der Waals surface area contributed by atoms with Gasteiger partial charge in [-0.1, -0.05) is 40.7 Å². The lowest BCUT2D eigenvalue weighted by Gasteiger charge is -2.08. The van der Waals surface area contributed by atoms with Crippen LogP contribution in [0.2, 0.25) is 0 Å². The normalized spacial score (nSPS) is 11.1. The molecule has 0 atom stereocenters. The van der Waals surface area contributed by atoms with E-state index in [1.165, 1.54) is 0 Å². The number of para-hydroxylation sites is 2. The summed E-state index contributed by atoms with van der Waals surface area (Å²) in [5, 5.41) is 4.34. The van der Waals surface area contributed by atoms with Gasteiger partial charge in [-0.05, 0) is 37.3 Å². The summed E-state index contributed by atoms with van der Waals surface area (Å²) >= 11 is 3.47. The molecule has 0 aliphatic rings. The Morgan fingerprint density at radius 1 is 1.32 bits per heavy atom. The minimum absolute atomic E-state index is 0.446. The molecule has 1 heterocycles. The van der Waals surface area contributed by atoms with E-state index >= 15 is 0 Å². The Labute approximate surface area is 155 Å². The monoisotopic (exact) mass is 398 g/mol. The topological polar surface area (TPSA) is 51.4 Å². The van der Waals surface area contributed by atoms with E-state index < -0.39 is 0 Å². The van der Waals surface area contributed by atoms with Gasteiger partial charge in [-0.25, -0.2) is 10.4 Å². The minimum atomic E-state index is 0.446. The van der Waals surface area contributed by atoms with Crippen molar-refractivity contribution >= 4 is 39.1 Å². The molecule has 0 fully saturated rings. The van der Waals surface area contributed by atoms with Gasteiger partial charge in [0.15, 0.2) is 0 Å². The molecule has 0 aliphatic carbocycles. The minimum Gasteiger partial charge on any atom is -0.489 e. The number of hydrogen-bond acceptors (Lipinski definition) is 4. The smallest absolute Gasteiger partial charge is 0.224 e. The van der Waals surface area contributed by atoms with Crippen LogP contribution in [0.5, 0.6) is 5.75 Å². The first-order valence-corrected chi connectivity index (χ1v) is 8.79. The quantitative estimate of drug-likeness (QED) is 0.352. The average Bonchev–Trinajstić information content (AvgIpc) is 2.98. The van der Waals surface area contributed by atoms with E-state index in [9.17, 15) is 0 Å². The molecular formula is C19H19BrN4O. The zero-order valence-corrected chi connectivity index (χ0v) is 15.5. The van der Waals surface area contributed by atoms with Crippen molar-refractivity contribution in [3.63, 3.8) is 0 Å². The van der Waals surface area contributed by atoms with Crippen molar-refractivity contribution in [3.05, 3.63) is 65.2 Å². The Morgan fingerprint density at radius 2 is 2.16 bits per heavy atom. The molecule has 128 valence electrons. The van der Waals surface area contributed by atoms with Crippen molar-refractivity contribution in [2.45, 2.75) is 13.5 Å². The van der Waals surface area contributed by atoms with Gasteiger partial charge in [0.1, 0.15) is 12.4 Å². The largest absolute Gasteiger partial charge is 0.489 e. The summed E-state index contributed by atoms with van der Waals surface area (Å²) in [4.78, 5) is 4.59. The molecule has 1 N–H and O–H groups in total. The summed E-state index contributed by atoms with van der Waals surface area (Å²) in [5.41, 5.74) is 5.93. The number of hydrogen-bond donors (Lipinski definition) is 1. The first-order valence-electron chi connectivity index (χ1n) is 8.00. The Kier molecular flexibility index (Phi) is 5.50. The third kappa shape index (κ3) is 3.91. The molecule has 0 radical (unpaired) electrons. The maximum atomic E-state index is 5.66. The summed E-state index contributed by atoms with van der Waals surface area (Å²) < 4.78 is 8.70. The number of halogens is 1. The summed E-state index contributed by atoms with van der Waals surface area (Å²) in [6.07, 6.45) is 3.44. The summed E-state index contributed by atoms with van der Waals surface area (Å²) in [6, 6.07) is 13.8. The van der Waals surface area contributed by atoms with E-state index in [0.29, 0.717) is 12.6 Å². The summed E-state index contributed by atoms with van der Waals surface area (Å²) in [7, 11) is 0. The van der Waals surface area contributed by atoms with Crippen molar-refractivity contribution in [2.75, 3.05) is 12.0 Å². The van der Waals surface area contributed by atoms with Crippen LogP contribution in [0.25, 0.3) is 11.0 Å². The van der Waals surface area contributed by atoms with Gasteiger partial charge in [0.2, 0.25) is 5.95 Å². The Balaban J connectivity index is 1.84. The van der Waals surface area contributed by atoms with Gasteiger partial charge in [-0.15, -0.1) is 0 Å². The molecule has 1 aromatic heterocycles. The van der Waals surface area contributed by atoms with Crippen LogP contribution in [-0.4, -0.2) is 22.4 Å². The lowest BCUT2D eigenvalue weighted by molar-refractivity contribution is 0.362. The first kappa shape index (κ1) is 17.2.